The van der Waals surface area contributed by atoms with E-state index in [0.29, 0.717) is 5.56 Å². The molecule has 0 aliphatic heterocycles. The van der Waals surface area contributed by atoms with E-state index in [1.165, 1.54) is 12.1 Å². The zero-order valence-corrected chi connectivity index (χ0v) is 10.2. The molecule has 0 spiro atoms. The van der Waals surface area contributed by atoms with Gasteiger partial charge >= 0.3 is 0 Å². The van der Waals surface area contributed by atoms with Crippen molar-refractivity contribution in [3.05, 3.63) is 29.6 Å². The SMILES string of the molecule is C/C(=N\O)c1ccc(F)cc1OCC(C)C(N)=O. The molecule has 0 fully saturated rings. The fraction of sp³-hybridized carbons (Fsp3) is 0.333. The van der Waals surface area contributed by atoms with E-state index in [9.17, 15) is 9.18 Å². The maximum Gasteiger partial charge on any atom is 0.223 e. The summed E-state index contributed by atoms with van der Waals surface area (Å²) in [6.45, 7) is 3.19. The molecule has 0 radical (unpaired) electrons. The molecule has 98 valence electrons. The van der Waals surface area contributed by atoms with Crippen LogP contribution >= 0.6 is 0 Å². The van der Waals surface area contributed by atoms with E-state index >= 15 is 0 Å². The molecule has 6 heteroatoms. The van der Waals surface area contributed by atoms with Crippen molar-refractivity contribution in [1.82, 2.24) is 0 Å². The molecular formula is C12H15FN2O3. The fourth-order valence-electron chi connectivity index (χ4n) is 1.27. The Morgan fingerprint density at radius 2 is 2.28 bits per heavy atom. The normalized spacial score (nSPS) is 13.2. The summed E-state index contributed by atoms with van der Waals surface area (Å²) < 4.78 is 18.5. The van der Waals surface area contributed by atoms with E-state index in [4.69, 9.17) is 15.7 Å². The predicted molar refractivity (Wildman–Crippen MR) is 64.3 cm³/mol. The van der Waals surface area contributed by atoms with Gasteiger partial charge in [0.25, 0.3) is 0 Å². The molecule has 0 saturated carbocycles. The molecule has 18 heavy (non-hydrogen) atoms. The third kappa shape index (κ3) is 3.44. The Kier molecular flexibility index (Phi) is 4.65. The van der Waals surface area contributed by atoms with E-state index in [2.05, 4.69) is 5.16 Å². The van der Waals surface area contributed by atoms with Crippen LogP contribution in [0.4, 0.5) is 4.39 Å². The van der Waals surface area contributed by atoms with Crippen LogP contribution in [0.2, 0.25) is 0 Å². The summed E-state index contributed by atoms with van der Waals surface area (Å²) >= 11 is 0. The van der Waals surface area contributed by atoms with E-state index in [1.54, 1.807) is 13.8 Å². The Hall–Kier alpha value is -2.11. The van der Waals surface area contributed by atoms with Crippen LogP contribution in [0.1, 0.15) is 19.4 Å². The number of nitrogens with zero attached hydrogens (tertiary/aromatic N) is 1. The molecule has 1 aromatic carbocycles. The van der Waals surface area contributed by atoms with Crippen molar-refractivity contribution >= 4 is 11.6 Å². The quantitative estimate of drug-likeness (QED) is 0.474. The molecule has 0 aliphatic carbocycles. The fourth-order valence-corrected chi connectivity index (χ4v) is 1.27. The number of benzene rings is 1. The topological polar surface area (TPSA) is 84.9 Å². The first-order valence-electron chi connectivity index (χ1n) is 5.36. The number of hydrogen-bond acceptors (Lipinski definition) is 4. The molecule has 3 N–H and O–H groups in total. The van der Waals surface area contributed by atoms with Gasteiger partial charge in [0, 0.05) is 11.6 Å². The van der Waals surface area contributed by atoms with Crippen molar-refractivity contribution in [2.75, 3.05) is 6.61 Å². The molecule has 5 nitrogen and oxygen atoms in total. The second-order valence-corrected chi connectivity index (χ2v) is 3.94. The van der Waals surface area contributed by atoms with Gasteiger partial charge in [-0.25, -0.2) is 4.39 Å². The Bertz CT molecular complexity index is 474. The van der Waals surface area contributed by atoms with Gasteiger partial charge in [-0.15, -0.1) is 0 Å². The molecule has 1 rings (SSSR count). The average molecular weight is 254 g/mol. The third-order valence-corrected chi connectivity index (χ3v) is 2.46. The maximum absolute atomic E-state index is 13.1. The van der Waals surface area contributed by atoms with Crippen LogP contribution in [0, 0.1) is 11.7 Å². The Labute approximate surface area is 104 Å². The summed E-state index contributed by atoms with van der Waals surface area (Å²) in [4.78, 5) is 10.9. The molecule has 1 atom stereocenters. The van der Waals surface area contributed by atoms with Gasteiger partial charge in [0.15, 0.2) is 0 Å². The van der Waals surface area contributed by atoms with Crippen molar-refractivity contribution in [1.29, 1.82) is 0 Å². The summed E-state index contributed by atoms with van der Waals surface area (Å²) in [6, 6.07) is 3.83. The van der Waals surface area contributed by atoms with Gasteiger partial charge in [-0.2, -0.15) is 0 Å². The van der Waals surface area contributed by atoms with E-state index in [1.807, 2.05) is 0 Å². The summed E-state index contributed by atoms with van der Waals surface area (Å²) in [6.07, 6.45) is 0. The zero-order valence-electron chi connectivity index (χ0n) is 10.2. The molecule has 0 heterocycles. The van der Waals surface area contributed by atoms with E-state index in [0.717, 1.165) is 6.07 Å². The van der Waals surface area contributed by atoms with Crippen LogP contribution in [0.15, 0.2) is 23.4 Å². The van der Waals surface area contributed by atoms with Crippen LogP contribution in [-0.4, -0.2) is 23.4 Å². The zero-order chi connectivity index (χ0) is 13.7. The largest absolute Gasteiger partial charge is 0.492 e. The summed E-state index contributed by atoms with van der Waals surface area (Å²) in [5.74, 6) is -1.27. The molecule has 0 aliphatic rings. The first kappa shape index (κ1) is 14.0. The standard InChI is InChI=1S/C12H15FN2O3/c1-7(12(14)16)6-18-11-5-9(13)3-4-10(11)8(2)15-17/h3-5,7,17H,6H2,1-2H3,(H2,14,16)/b15-8+. The van der Waals surface area contributed by atoms with Gasteiger partial charge in [-0.1, -0.05) is 12.1 Å². The minimum Gasteiger partial charge on any atom is -0.492 e. The highest BCUT2D eigenvalue weighted by molar-refractivity contribution is 6.00. The lowest BCUT2D eigenvalue weighted by Gasteiger charge is -2.13. The van der Waals surface area contributed by atoms with Gasteiger partial charge in [0.05, 0.1) is 18.2 Å². The van der Waals surface area contributed by atoms with E-state index < -0.39 is 17.6 Å². The van der Waals surface area contributed by atoms with Crippen molar-refractivity contribution in [2.45, 2.75) is 13.8 Å². The highest BCUT2D eigenvalue weighted by atomic mass is 19.1. The Morgan fingerprint density at radius 1 is 1.61 bits per heavy atom. The summed E-state index contributed by atoms with van der Waals surface area (Å²) in [5, 5.41) is 11.7. The molecule has 1 amide bonds. The predicted octanol–water partition coefficient (Wildman–Crippen LogP) is 1.52. The molecule has 0 saturated heterocycles. The first-order chi connectivity index (χ1) is 8.45. The number of rotatable bonds is 5. The molecule has 1 unspecified atom stereocenters. The monoisotopic (exact) mass is 254 g/mol. The molecule has 0 aromatic heterocycles. The second kappa shape index (κ2) is 6.00. The lowest BCUT2D eigenvalue weighted by atomic mass is 10.1. The van der Waals surface area contributed by atoms with Gasteiger partial charge in [-0.05, 0) is 19.1 Å². The smallest absolute Gasteiger partial charge is 0.223 e. The maximum atomic E-state index is 13.1. The second-order valence-electron chi connectivity index (χ2n) is 3.94. The first-order valence-corrected chi connectivity index (χ1v) is 5.36. The number of halogens is 1. The van der Waals surface area contributed by atoms with Crippen molar-refractivity contribution < 1.29 is 19.1 Å². The van der Waals surface area contributed by atoms with Gasteiger partial charge in [-0.3, -0.25) is 4.79 Å². The number of amides is 1. The molecule has 1 aromatic rings. The average Bonchev–Trinajstić information content (AvgIpc) is 2.34. The van der Waals surface area contributed by atoms with Gasteiger partial charge in [0.2, 0.25) is 5.91 Å². The van der Waals surface area contributed by atoms with Gasteiger partial charge < -0.3 is 15.7 Å². The lowest BCUT2D eigenvalue weighted by molar-refractivity contribution is -0.122. The van der Waals surface area contributed by atoms with Gasteiger partial charge in [0.1, 0.15) is 11.6 Å². The number of nitrogens with two attached hydrogens (primary N) is 1. The van der Waals surface area contributed by atoms with Crippen molar-refractivity contribution in [3.8, 4) is 5.75 Å². The van der Waals surface area contributed by atoms with E-state index in [-0.39, 0.29) is 18.1 Å². The highest BCUT2D eigenvalue weighted by Gasteiger charge is 2.13. The number of primary amides is 1. The van der Waals surface area contributed by atoms with Crippen LogP contribution in [-0.2, 0) is 4.79 Å². The Morgan fingerprint density at radius 3 is 2.83 bits per heavy atom. The minimum atomic E-state index is -0.500. The summed E-state index contributed by atoms with van der Waals surface area (Å²) in [5.41, 5.74) is 5.84. The van der Waals surface area contributed by atoms with Crippen LogP contribution in [0.5, 0.6) is 5.75 Å². The minimum absolute atomic E-state index is 0.0322. The number of carbonyl (C=O) groups is 1. The van der Waals surface area contributed by atoms with Crippen LogP contribution in [0.25, 0.3) is 0 Å². The summed E-state index contributed by atoms with van der Waals surface area (Å²) in [7, 11) is 0. The van der Waals surface area contributed by atoms with Crippen molar-refractivity contribution in [3.63, 3.8) is 0 Å². The molecule has 0 bridgehead atoms. The Balaban J connectivity index is 2.93. The van der Waals surface area contributed by atoms with Crippen LogP contribution in [0.3, 0.4) is 0 Å². The molecular weight excluding hydrogens is 239 g/mol. The number of ether oxygens (including phenoxy) is 1. The third-order valence-electron chi connectivity index (χ3n) is 2.46. The number of oxime groups is 1. The number of carbonyl (C=O) groups excluding carboxylic acids is 1. The lowest BCUT2D eigenvalue weighted by Crippen LogP contribution is -2.26. The highest BCUT2D eigenvalue weighted by Crippen LogP contribution is 2.21. The number of hydrogen-bond donors (Lipinski definition) is 2. The van der Waals surface area contributed by atoms with Crippen molar-refractivity contribution in [2.24, 2.45) is 16.8 Å². The van der Waals surface area contributed by atoms with Crippen LogP contribution < -0.4 is 10.5 Å².